The molecule has 0 spiro atoms. The van der Waals surface area contributed by atoms with Crippen LogP contribution < -0.4 is 21.9 Å². The molecule has 1 aromatic carbocycles. The highest BCUT2D eigenvalue weighted by atomic mass is 19.1. The molecule has 0 saturated heterocycles. The van der Waals surface area contributed by atoms with Crippen molar-refractivity contribution in [3.05, 3.63) is 23.8 Å². The molecule has 6 nitrogen and oxygen atoms in total. The maximum atomic E-state index is 13.8. The lowest BCUT2D eigenvalue weighted by Gasteiger charge is -2.07. The molecular formula is C10H13F2N5O. The number of hydrogen-bond acceptors (Lipinski definition) is 2. The number of nitrogens with zero attached hydrogens (tertiary/aromatic N) is 2. The van der Waals surface area contributed by atoms with Gasteiger partial charge in [0.2, 0.25) is 5.96 Å². The van der Waals surface area contributed by atoms with Gasteiger partial charge in [0, 0.05) is 0 Å². The highest BCUT2D eigenvalue weighted by Gasteiger charge is 2.14. The van der Waals surface area contributed by atoms with Gasteiger partial charge >= 0.3 is 0 Å². The van der Waals surface area contributed by atoms with E-state index in [-0.39, 0.29) is 18.3 Å². The lowest BCUT2D eigenvalue weighted by Crippen LogP contribution is -2.26. The van der Waals surface area contributed by atoms with Crippen LogP contribution >= 0.6 is 0 Å². The summed E-state index contributed by atoms with van der Waals surface area (Å²) in [5.41, 5.74) is 14.8. The van der Waals surface area contributed by atoms with E-state index in [1.54, 1.807) is 6.92 Å². The Kier molecular flexibility index (Phi) is 4.41. The fourth-order valence-electron chi connectivity index (χ4n) is 1.16. The molecule has 98 valence electrons. The summed E-state index contributed by atoms with van der Waals surface area (Å²) < 4.78 is 32.1. The second-order valence-corrected chi connectivity index (χ2v) is 3.15. The van der Waals surface area contributed by atoms with Crippen molar-refractivity contribution in [2.24, 2.45) is 27.2 Å². The molecule has 0 bridgehead atoms. The molecule has 1 aromatic rings. The van der Waals surface area contributed by atoms with Crippen LogP contribution in [0.2, 0.25) is 0 Å². The average Bonchev–Trinajstić information content (AvgIpc) is 2.27. The molecule has 18 heavy (non-hydrogen) atoms. The van der Waals surface area contributed by atoms with Crippen molar-refractivity contribution in [1.82, 2.24) is 0 Å². The van der Waals surface area contributed by atoms with Crippen LogP contribution in [-0.4, -0.2) is 18.5 Å². The number of ether oxygens (including phenoxy) is 1. The Morgan fingerprint density at radius 2 is 1.94 bits per heavy atom. The zero-order chi connectivity index (χ0) is 13.7. The molecule has 0 aromatic heterocycles. The van der Waals surface area contributed by atoms with Gasteiger partial charge in [-0.05, 0) is 19.1 Å². The van der Waals surface area contributed by atoms with Crippen LogP contribution in [0, 0.1) is 11.6 Å². The molecule has 0 atom stereocenters. The third-order valence-electron chi connectivity index (χ3n) is 1.80. The highest BCUT2D eigenvalue weighted by Crippen LogP contribution is 2.29. The Morgan fingerprint density at radius 3 is 2.50 bits per heavy atom. The molecule has 1 rings (SSSR count). The van der Waals surface area contributed by atoms with Gasteiger partial charge in [0.05, 0.1) is 6.61 Å². The monoisotopic (exact) mass is 257 g/mol. The summed E-state index contributed by atoms with van der Waals surface area (Å²) in [6, 6.07) is 2.17. The minimum absolute atomic E-state index is 0.129. The molecule has 0 saturated carbocycles. The number of guanidine groups is 2. The lowest BCUT2D eigenvalue weighted by molar-refractivity contribution is 0.321. The number of hydrogen-bond donors (Lipinski definition) is 3. The molecule has 0 amide bonds. The zero-order valence-corrected chi connectivity index (χ0v) is 9.65. The van der Waals surface area contributed by atoms with Crippen LogP contribution in [0.5, 0.6) is 5.75 Å². The Morgan fingerprint density at radius 1 is 1.28 bits per heavy atom. The summed E-state index contributed by atoms with van der Waals surface area (Å²) in [5, 5.41) is 0. The van der Waals surface area contributed by atoms with Gasteiger partial charge in [0.25, 0.3) is 0 Å². The number of halogens is 2. The Hall–Kier alpha value is -2.38. The molecule has 0 aliphatic heterocycles. The van der Waals surface area contributed by atoms with Gasteiger partial charge in [-0.1, -0.05) is 0 Å². The standard InChI is InChI=1S/C10H13F2N5O/c1-2-18-6-4-3-5(11)8(7(6)12)16-10(15)17-9(13)14/h3-4H,2H2,1H3,(H6,13,14,15,16,17). The summed E-state index contributed by atoms with van der Waals surface area (Å²) in [5.74, 6) is -2.81. The first-order chi connectivity index (χ1) is 8.45. The fourth-order valence-corrected chi connectivity index (χ4v) is 1.16. The zero-order valence-electron chi connectivity index (χ0n) is 9.65. The van der Waals surface area contributed by atoms with Crippen LogP contribution in [0.1, 0.15) is 6.92 Å². The molecule has 0 heterocycles. The van der Waals surface area contributed by atoms with E-state index in [4.69, 9.17) is 21.9 Å². The average molecular weight is 257 g/mol. The SMILES string of the molecule is CCOc1ccc(F)c(N=C(N)N=C(N)N)c1F. The van der Waals surface area contributed by atoms with Gasteiger partial charge in [-0.15, -0.1) is 0 Å². The summed E-state index contributed by atoms with van der Waals surface area (Å²) in [6.45, 7) is 1.90. The fraction of sp³-hybridized carbons (Fsp3) is 0.200. The van der Waals surface area contributed by atoms with Gasteiger partial charge in [0.15, 0.2) is 23.3 Å². The van der Waals surface area contributed by atoms with E-state index in [2.05, 4.69) is 9.98 Å². The van der Waals surface area contributed by atoms with Crippen LogP contribution in [-0.2, 0) is 0 Å². The number of nitrogens with two attached hydrogens (primary N) is 3. The molecule has 8 heteroatoms. The molecule has 0 unspecified atom stereocenters. The smallest absolute Gasteiger partial charge is 0.223 e. The Labute approximate surface area is 102 Å². The second-order valence-electron chi connectivity index (χ2n) is 3.15. The minimum Gasteiger partial charge on any atom is -0.491 e. The predicted octanol–water partition coefficient (Wildman–Crippen LogP) is 0.583. The van der Waals surface area contributed by atoms with Crippen molar-refractivity contribution in [3.63, 3.8) is 0 Å². The van der Waals surface area contributed by atoms with E-state index in [9.17, 15) is 8.78 Å². The predicted molar refractivity (Wildman–Crippen MR) is 64.6 cm³/mol. The quantitative estimate of drug-likeness (QED) is 0.543. The van der Waals surface area contributed by atoms with Gasteiger partial charge in [-0.3, -0.25) is 0 Å². The number of benzene rings is 1. The minimum atomic E-state index is -0.967. The summed E-state index contributed by atoms with van der Waals surface area (Å²) in [7, 11) is 0. The largest absolute Gasteiger partial charge is 0.491 e. The summed E-state index contributed by atoms with van der Waals surface area (Å²) in [4.78, 5) is 6.81. The maximum absolute atomic E-state index is 13.8. The third kappa shape index (κ3) is 3.30. The normalized spacial score (nSPS) is 11.2. The van der Waals surface area contributed by atoms with Crippen LogP contribution in [0.4, 0.5) is 14.5 Å². The van der Waals surface area contributed by atoms with Crippen molar-refractivity contribution in [2.45, 2.75) is 6.92 Å². The molecule has 0 radical (unpaired) electrons. The first-order valence-corrected chi connectivity index (χ1v) is 5.00. The maximum Gasteiger partial charge on any atom is 0.223 e. The van der Waals surface area contributed by atoms with E-state index in [1.165, 1.54) is 0 Å². The van der Waals surface area contributed by atoms with E-state index < -0.39 is 23.3 Å². The van der Waals surface area contributed by atoms with Gasteiger partial charge in [-0.25, -0.2) is 13.8 Å². The highest BCUT2D eigenvalue weighted by molar-refractivity contribution is 5.93. The van der Waals surface area contributed by atoms with Crippen LogP contribution in [0.3, 0.4) is 0 Å². The van der Waals surface area contributed by atoms with Crippen molar-refractivity contribution in [2.75, 3.05) is 6.61 Å². The van der Waals surface area contributed by atoms with Crippen molar-refractivity contribution in [1.29, 1.82) is 0 Å². The van der Waals surface area contributed by atoms with Crippen molar-refractivity contribution >= 4 is 17.6 Å². The van der Waals surface area contributed by atoms with Crippen LogP contribution in [0.25, 0.3) is 0 Å². The van der Waals surface area contributed by atoms with Gasteiger partial charge in [0.1, 0.15) is 5.69 Å². The Bertz CT molecular complexity index is 497. The molecule has 6 N–H and O–H groups in total. The van der Waals surface area contributed by atoms with Crippen molar-refractivity contribution in [3.8, 4) is 5.75 Å². The summed E-state index contributed by atoms with van der Waals surface area (Å²) in [6.07, 6.45) is 0. The number of rotatable bonds is 3. The van der Waals surface area contributed by atoms with Gasteiger partial charge in [-0.2, -0.15) is 4.99 Å². The number of aliphatic imine (C=N–C) groups is 2. The third-order valence-corrected chi connectivity index (χ3v) is 1.80. The first kappa shape index (κ1) is 13.7. The lowest BCUT2D eigenvalue weighted by atomic mass is 10.2. The van der Waals surface area contributed by atoms with E-state index in [0.717, 1.165) is 12.1 Å². The summed E-state index contributed by atoms with van der Waals surface area (Å²) >= 11 is 0. The first-order valence-electron chi connectivity index (χ1n) is 5.00. The molecule has 0 aliphatic rings. The van der Waals surface area contributed by atoms with Crippen molar-refractivity contribution < 1.29 is 13.5 Å². The second kappa shape index (κ2) is 5.80. The van der Waals surface area contributed by atoms with Crippen LogP contribution in [0.15, 0.2) is 22.1 Å². The van der Waals surface area contributed by atoms with E-state index in [0.29, 0.717) is 0 Å². The molecular weight excluding hydrogens is 244 g/mol. The topological polar surface area (TPSA) is 112 Å². The molecule has 0 fully saturated rings. The van der Waals surface area contributed by atoms with E-state index in [1.807, 2.05) is 0 Å². The Balaban J connectivity index is 3.23. The van der Waals surface area contributed by atoms with Gasteiger partial charge < -0.3 is 21.9 Å². The van der Waals surface area contributed by atoms with E-state index >= 15 is 0 Å². The molecule has 0 aliphatic carbocycles.